The molecule has 8 heteroatoms. The molecular weight excluding hydrogens is 330 g/mol. The van der Waals surface area contributed by atoms with Crippen molar-refractivity contribution < 1.29 is 23.1 Å². The standard InChI is InChI=1S/C14H16ClNO5S/c1-2-13(17)16-8-9(7-11(16)14(18)19)22(20,21)12-6-4-3-5-10(12)15/h3-6,9,11H,2,7-8H2,1H3,(H,18,19)/t9-,11+/m1/s1. The maximum absolute atomic E-state index is 12.7. The number of carboxylic acid groups (broad SMARTS) is 1. The van der Waals surface area contributed by atoms with Crippen molar-refractivity contribution in [2.45, 2.75) is 36.0 Å². The van der Waals surface area contributed by atoms with E-state index in [1.807, 2.05) is 0 Å². The van der Waals surface area contributed by atoms with Gasteiger partial charge in [0.15, 0.2) is 9.84 Å². The van der Waals surface area contributed by atoms with E-state index in [4.69, 9.17) is 11.6 Å². The Morgan fingerprint density at radius 1 is 1.36 bits per heavy atom. The van der Waals surface area contributed by atoms with E-state index >= 15 is 0 Å². The van der Waals surface area contributed by atoms with Gasteiger partial charge in [0.25, 0.3) is 0 Å². The largest absolute Gasteiger partial charge is 0.480 e. The van der Waals surface area contributed by atoms with Crippen LogP contribution in [0.15, 0.2) is 29.2 Å². The second kappa shape index (κ2) is 6.26. The summed E-state index contributed by atoms with van der Waals surface area (Å²) < 4.78 is 25.3. The van der Waals surface area contributed by atoms with Crippen LogP contribution in [-0.4, -0.2) is 48.1 Å². The monoisotopic (exact) mass is 345 g/mol. The molecule has 0 bridgehead atoms. The molecular formula is C14H16ClNO5S. The zero-order valence-corrected chi connectivity index (χ0v) is 13.5. The average molecular weight is 346 g/mol. The highest BCUT2D eigenvalue weighted by atomic mass is 35.5. The maximum atomic E-state index is 12.7. The minimum Gasteiger partial charge on any atom is -0.480 e. The molecule has 0 unspecified atom stereocenters. The second-order valence-electron chi connectivity index (χ2n) is 5.09. The van der Waals surface area contributed by atoms with E-state index in [0.717, 1.165) is 4.90 Å². The van der Waals surface area contributed by atoms with Gasteiger partial charge in [0.05, 0.1) is 15.2 Å². The number of carbonyl (C=O) groups is 2. The first-order valence-corrected chi connectivity index (χ1v) is 8.72. The summed E-state index contributed by atoms with van der Waals surface area (Å²) in [6.45, 7) is 1.48. The van der Waals surface area contributed by atoms with Crippen LogP contribution in [0.25, 0.3) is 0 Å². The molecule has 2 rings (SSSR count). The van der Waals surface area contributed by atoms with E-state index in [2.05, 4.69) is 0 Å². The van der Waals surface area contributed by atoms with Gasteiger partial charge in [0.2, 0.25) is 5.91 Å². The lowest BCUT2D eigenvalue weighted by Crippen LogP contribution is -2.40. The van der Waals surface area contributed by atoms with Gasteiger partial charge < -0.3 is 10.0 Å². The summed E-state index contributed by atoms with van der Waals surface area (Å²) in [5, 5.41) is 8.35. The third-order valence-electron chi connectivity index (χ3n) is 3.75. The number of carbonyl (C=O) groups excluding carboxylic acids is 1. The molecule has 6 nitrogen and oxygen atoms in total. The predicted octanol–water partition coefficient (Wildman–Crippen LogP) is 1.58. The van der Waals surface area contributed by atoms with Crippen molar-refractivity contribution in [3.63, 3.8) is 0 Å². The van der Waals surface area contributed by atoms with Gasteiger partial charge in [0, 0.05) is 13.0 Å². The first-order valence-electron chi connectivity index (χ1n) is 6.79. The van der Waals surface area contributed by atoms with Crippen molar-refractivity contribution >= 4 is 33.3 Å². The fourth-order valence-corrected chi connectivity index (χ4v) is 4.81. The van der Waals surface area contributed by atoms with Gasteiger partial charge in [-0.15, -0.1) is 0 Å². The molecule has 0 aliphatic carbocycles. The van der Waals surface area contributed by atoms with Gasteiger partial charge in [0.1, 0.15) is 6.04 Å². The quantitative estimate of drug-likeness (QED) is 0.894. The Kier molecular flexibility index (Phi) is 4.77. The number of carboxylic acids is 1. The van der Waals surface area contributed by atoms with E-state index in [0.29, 0.717) is 0 Å². The zero-order chi connectivity index (χ0) is 16.5. The summed E-state index contributed by atoms with van der Waals surface area (Å²) in [6.07, 6.45) is -0.00271. The number of halogens is 1. The van der Waals surface area contributed by atoms with Crippen molar-refractivity contribution in [1.82, 2.24) is 4.90 Å². The first kappa shape index (κ1) is 16.8. The van der Waals surface area contributed by atoms with Crippen molar-refractivity contribution in [3.8, 4) is 0 Å². The van der Waals surface area contributed by atoms with Crippen LogP contribution in [-0.2, 0) is 19.4 Å². The Hall–Kier alpha value is -1.60. The second-order valence-corrected chi connectivity index (χ2v) is 7.69. The van der Waals surface area contributed by atoms with Crippen molar-refractivity contribution in [3.05, 3.63) is 29.3 Å². The van der Waals surface area contributed by atoms with Crippen LogP contribution in [0.3, 0.4) is 0 Å². The summed E-state index contributed by atoms with van der Waals surface area (Å²) in [6, 6.07) is 4.90. The van der Waals surface area contributed by atoms with Gasteiger partial charge in [-0.05, 0) is 18.6 Å². The lowest BCUT2D eigenvalue weighted by atomic mass is 10.2. The Balaban J connectivity index is 2.36. The molecule has 1 aromatic carbocycles. The Labute approximate surface area is 133 Å². The van der Waals surface area contributed by atoms with Gasteiger partial charge in [-0.1, -0.05) is 30.7 Å². The molecule has 1 saturated heterocycles. The van der Waals surface area contributed by atoms with Crippen LogP contribution in [0.5, 0.6) is 0 Å². The Morgan fingerprint density at radius 3 is 2.55 bits per heavy atom. The highest BCUT2D eigenvalue weighted by Crippen LogP contribution is 2.31. The number of nitrogens with zero attached hydrogens (tertiary/aromatic N) is 1. The van der Waals surface area contributed by atoms with Crippen LogP contribution in [0.4, 0.5) is 0 Å². The summed E-state index contributed by atoms with van der Waals surface area (Å²) in [7, 11) is -3.80. The van der Waals surface area contributed by atoms with E-state index in [-0.39, 0.29) is 35.2 Å². The van der Waals surface area contributed by atoms with Crippen molar-refractivity contribution in [2.24, 2.45) is 0 Å². The van der Waals surface area contributed by atoms with E-state index < -0.39 is 27.1 Å². The summed E-state index contributed by atoms with van der Waals surface area (Å²) >= 11 is 5.94. The summed E-state index contributed by atoms with van der Waals surface area (Å²) in [5.74, 6) is -1.57. The van der Waals surface area contributed by atoms with E-state index in [1.165, 1.54) is 12.1 Å². The number of rotatable bonds is 4. The Bertz CT molecular complexity index is 703. The van der Waals surface area contributed by atoms with Crippen LogP contribution in [0, 0.1) is 0 Å². The van der Waals surface area contributed by atoms with Gasteiger partial charge in [-0.25, -0.2) is 13.2 Å². The molecule has 1 fully saturated rings. The van der Waals surface area contributed by atoms with E-state index in [1.54, 1.807) is 19.1 Å². The molecule has 0 aromatic heterocycles. The minimum absolute atomic E-state index is 0.0309. The van der Waals surface area contributed by atoms with Crippen molar-refractivity contribution in [1.29, 1.82) is 0 Å². The van der Waals surface area contributed by atoms with Crippen LogP contribution >= 0.6 is 11.6 Å². The Morgan fingerprint density at radius 2 is 2.00 bits per heavy atom. The summed E-state index contributed by atoms with van der Waals surface area (Å²) in [4.78, 5) is 24.2. The van der Waals surface area contributed by atoms with Crippen LogP contribution < -0.4 is 0 Å². The number of hydrogen-bond donors (Lipinski definition) is 1. The highest BCUT2D eigenvalue weighted by Gasteiger charge is 2.45. The average Bonchev–Trinajstić information content (AvgIpc) is 2.92. The molecule has 2 atom stereocenters. The highest BCUT2D eigenvalue weighted by molar-refractivity contribution is 7.92. The van der Waals surface area contributed by atoms with Gasteiger partial charge >= 0.3 is 5.97 Å². The topological polar surface area (TPSA) is 91.8 Å². The molecule has 0 radical (unpaired) electrons. The fraction of sp³-hybridized carbons (Fsp3) is 0.429. The number of amides is 1. The van der Waals surface area contributed by atoms with E-state index in [9.17, 15) is 23.1 Å². The molecule has 1 N–H and O–H groups in total. The molecule has 1 aliphatic rings. The number of sulfone groups is 1. The molecule has 1 aliphatic heterocycles. The predicted molar refractivity (Wildman–Crippen MR) is 80.5 cm³/mol. The van der Waals surface area contributed by atoms with Gasteiger partial charge in [-0.3, -0.25) is 4.79 Å². The molecule has 1 heterocycles. The number of hydrogen-bond acceptors (Lipinski definition) is 4. The molecule has 1 aromatic rings. The van der Waals surface area contributed by atoms with Crippen LogP contribution in [0.2, 0.25) is 5.02 Å². The van der Waals surface area contributed by atoms with Gasteiger partial charge in [-0.2, -0.15) is 0 Å². The van der Waals surface area contributed by atoms with Crippen LogP contribution in [0.1, 0.15) is 19.8 Å². The first-order chi connectivity index (χ1) is 10.3. The lowest BCUT2D eigenvalue weighted by Gasteiger charge is -2.20. The molecule has 1 amide bonds. The summed E-state index contributed by atoms with van der Waals surface area (Å²) in [5.41, 5.74) is 0. The maximum Gasteiger partial charge on any atom is 0.326 e. The zero-order valence-electron chi connectivity index (χ0n) is 11.9. The smallest absolute Gasteiger partial charge is 0.326 e. The fourth-order valence-electron chi connectivity index (χ4n) is 2.59. The third kappa shape index (κ3) is 2.96. The molecule has 22 heavy (non-hydrogen) atoms. The molecule has 0 spiro atoms. The SMILES string of the molecule is CCC(=O)N1C[C@H](S(=O)(=O)c2ccccc2Cl)C[C@H]1C(=O)O. The lowest BCUT2D eigenvalue weighted by molar-refractivity contribution is -0.148. The molecule has 0 saturated carbocycles. The minimum atomic E-state index is -3.80. The molecule has 120 valence electrons. The number of benzene rings is 1. The normalized spacial score (nSPS) is 21.8. The third-order valence-corrected chi connectivity index (χ3v) is 6.38. The number of aliphatic carboxylic acids is 1. The van der Waals surface area contributed by atoms with Crippen molar-refractivity contribution in [2.75, 3.05) is 6.54 Å². The number of likely N-dealkylation sites (tertiary alicyclic amines) is 1.